The van der Waals surface area contributed by atoms with Gasteiger partial charge in [0.25, 0.3) is 0 Å². The lowest BCUT2D eigenvalue weighted by Gasteiger charge is -2.26. The van der Waals surface area contributed by atoms with E-state index in [0.717, 1.165) is 11.1 Å². The molecule has 6 nitrogen and oxygen atoms in total. The van der Waals surface area contributed by atoms with Gasteiger partial charge in [0.05, 0.1) is 12.5 Å². The number of carbonyl (C=O) groups excluding carboxylic acids is 1. The number of benzene rings is 1. The van der Waals surface area contributed by atoms with E-state index in [0.29, 0.717) is 13.1 Å². The van der Waals surface area contributed by atoms with Crippen LogP contribution in [0.5, 0.6) is 0 Å². The molecule has 2 atom stereocenters. The molecule has 0 aliphatic carbocycles. The normalized spacial score (nSPS) is 19.3. The molecule has 0 aromatic heterocycles. The Balaban J connectivity index is 2.15. The van der Waals surface area contributed by atoms with Gasteiger partial charge in [-0.1, -0.05) is 24.3 Å². The number of carboxylic acid groups (broad SMARTS) is 1. The SMILES string of the molecule is O=C(N[C@@H](CO)C(=O)O)C1CNCc2ccccc21. The van der Waals surface area contributed by atoms with E-state index in [9.17, 15) is 9.59 Å². The first-order valence-electron chi connectivity index (χ1n) is 6.06. The maximum atomic E-state index is 12.1. The lowest BCUT2D eigenvalue weighted by molar-refractivity contribution is -0.143. The minimum Gasteiger partial charge on any atom is -0.480 e. The third-order valence-electron chi connectivity index (χ3n) is 3.21. The largest absolute Gasteiger partial charge is 0.480 e. The molecule has 1 aliphatic rings. The van der Waals surface area contributed by atoms with Crippen LogP contribution in [0.2, 0.25) is 0 Å². The molecule has 4 N–H and O–H groups in total. The van der Waals surface area contributed by atoms with E-state index >= 15 is 0 Å². The number of hydrogen-bond donors (Lipinski definition) is 4. The molecule has 0 saturated carbocycles. The summed E-state index contributed by atoms with van der Waals surface area (Å²) in [5.74, 6) is -2.06. The number of aliphatic hydroxyl groups excluding tert-OH is 1. The topological polar surface area (TPSA) is 98.7 Å². The maximum absolute atomic E-state index is 12.1. The molecule has 1 aromatic carbocycles. The van der Waals surface area contributed by atoms with Gasteiger partial charge in [0.2, 0.25) is 5.91 Å². The molecule has 0 saturated heterocycles. The first kappa shape index (κ1) is 13.5. The number of carbonyl (C=O) groups is 2. The van der Waals surface area contributed by atoms with Crippen LogP contribution in [-0.4, -0.2) is 41.3 Å². The van der Waals surface area contributed by atoms with Crippen LogP contribution in [0.1, 0.15) is 17.0 Å². The summed E-state index contributed by atoms with van der Waals surface area (Å²) in [5.41, 5.74) is 1.94. The average Bonchev–Trinajstić information content (AvgIpc) is 2.43. The van der Waals surface area contributed by atoms with E-state index in [1.165, 1.54) is 0 Å². The number of fused-ring (bicyclic) bond motifs is 1. The summed E-state index contributed by atoms with van der Waals surface area (Å²) in [7, 11) is 0. The standard InChI is InChI=1S/C13H16N2O4/c16-7-11(13(18)19)15-12(17)10-6-14-5-8-3-1-2-4-9(8)10/h1-4,10-11,14,16H,5-7H2,(H,15,17)(H,18,19)/t10?,11-/m0/s1. The van der Waals surface area contributed by atoms with Crippen LogP contribution in [0.4, 0.5) is 0 Å². The van der Waals surface area contributed by atoms with Crippen LogP contribution >= 0.6 is 0 Å². The molecule has 0 radical (unpaired) electrons. The first-order valence-corrected chi connectivity index (χ1v) is 6.06. The molecule has 2 rings (SSSR count). The second-order valence-electron chi connectivity index (χ2n) is 4.46. The molecule has 0 spiro atoms. The molecule has 1 aromatic rings. The van der Waals surface area contributed by atoms with Crippen LogP contribution in [0.15, 0.2) is 24.3 Å². The van der Waals surface area contributed by atoms with Crippen molar-refractivity contribution in [2.45, 2.75) is 18.5 Å². The van der Waals surface area contributed by atoms with Gasteiger partial charge in [0.1, 0.15) is 6.04 Å². The summed E-state index contributed by atoms with van der Waals surface area (Å²) in [6, 6.07) is 6.29. The van der Waals surface area contributed by atoms with Crippen LogP contribution < -0.4 is 10.6 Å². The molecule has 1 aliphatic heterocycles. The van der Waals surface area contributed by atoms with Crippen LogP contribution in [-0.2, 0) is 16.1 Å². The smallest absolute Gasteiger partial charge is 0.328 e. The van der Waals surface area contributed by atoms with Gasteiger partial charge in [-0.2, -0.15) is 0 Å². The molecule has 0 fully saturated rings. The van der Waals surface area contributed by atoms with Gasteiger partial charge in [-0.25, -0.2) is 4.79 Å². The fraction of sp³-hybridized carbons (Fsp3) is 0.385. The number of nitrogens with one attached hydrogen (secondary N) is 2. The summed E-state index contributed by atoms with van der Waals surface area (Å²) < 4.78 is 0. The summed E-state index contributed by atoms with van der Waals surface area (Å²) >= 11 is 0. The second-order valence-corrected chi connectivity index (χ2v) is 4.46. The van der Waals surface area contributed by atoms with E-state index in [1.807, 2.05) is 24.3 Å². The van der Waals surface area contributed by atoms with E-state index in [2.05, 4.69) is 10.6 Å². The second kappa shape index (κ2) is 5.81. The number of amides is 1. The predicted octanol–water partition coefficient (Wildman–Crippen LogP) is -0.565. The van der Waals surface area contributed by atoms with E-state index < -0.39 is 24.5 Å². The first-order chi connectivity index (χ1) is 9.13. The van der Waals surface area contributed by atoms with Crippen molar-refractivity contribution in [2.24, 2.45) is 0 Å². The molecule has 1 heterocycles. The highest BCUT2D eigenvalue weighted by molar-refractivity contribution is 5.88. The fourth-order valence-corrected chi connectivity index (χ4v) is 2.19. The fourth-order valence-electron chi connectivity index (χ4n) is 2.19. The third kappa shape index (κ3) is 2.91. The number of rotatable bonds is 4. The zero-order valence-corrected chi connectivity index (χ0v) is 10.3. The Hall–Kier alpha value is -1.92. The Bertz CT molecular complexity index is 489. The quantitative estimate of drug-likeness (QED) is 0.584. The Kier molecular flexibility index (Phi) is 4.13. The van der Waals surface area contributed by atoms with Crippen LogP contribution in [0, 0.1) is 0 Å². The maximum Gasteiger partial charge on any atom is 0.328 e. The molecular weight excluding hydrogens is 248 g/mol. The number of hydrogen-bond acceptors (Lipinski definition) is 4. The zero-order valence-electron chi connectivity index (χ0n) is 10.3. The molecule has 6 heteroatoms. The zero-order chi connectivity index (χ0) is 13.8. The van der Waals surface area contributed by atoms with Crippen molar-refractivity contribution >= 4 is 11.9 Å². The van der Waals surface area contributed by atoms with Crippen LogP contribution in [0.25, 0.3) is 0 Å². The molecular formula is C13H16N2O4. The monoisotopic (exact) mass is 264 g/mol. The highest BCUT2D eigenvalue weighted by Crippen LogP contribution is 2.23. The Morgan fingerprint density at radius 1 is 1.42 bits per heavy atom. The summed E-state index contributed by atoms with van der Waals surface area (Å²) in [6.07, 6.45) is 0. The molecule has 0 bridgehead atoms. The lowest BCUT2D eigenvalue weighted by Crippen LogP contribution is -2.47. The molecule has 102 valence electrons. The van der Waals surface area contributed by atoms with Crippen molar-refractivity contribution < 1.29 is 19.8 Å². The number of carboxylic acids is 1. The van der Waals surface area contributed by atoms with Crippen molar-refractivity contribution in [3.8, 4) is 0 Å². The predicted molar refractivity (Wildman–Crippen MR) is 67.5 cm³/mol. The van der Waals surface area contributed by atoms with Crippen molar-refractivity contribution in [3.05, 3.63) is 35.4 Å². The van der Waals surface area contributed by atoms with Crippen LogP contribution in [0.3, 0.4) is 0 Å². The van der Waals surface area contributed by atoms with Crippen molar-refractivity contribution in [2.75, 3.05) is 13.2 Å². The van der Waals surface area contributed by atoms with Gasteiger partial charge in [-0.15, -0.1) is 0 Å². The van der Waals surface area contributed by atoms with Crippen molar-refractivity contribution in [1.29, 1.82) is 0 Å². The molecule has 1 unspecified atom stereocenters. The summed E-state index contributed by atoms with van der Waals surface area (Å²) in [6.45, 7) is 0.534. The minimum atomic E-state index is -1.26. The highest BCUT2D eigenvalue weighted by Gasteiger charge is 2.29. The highest BCUT2D eigenvalue weighted by atomic mass is 16.4. The van der Waals surface area contributed by atoms with Gasteiger partial charge in [-0.05, 0) is 11.1 Å². The van der Waals surface area contributed by atoms with Crippen molar-refractivity contribution in [3.63, 3.8) is 0 Å². The van der Waals surface area contributed by atoms with E-state index in [-0.39, 0.29) is 5.91 Å². The third-order valence-corrected chi connectivity index (χ3v) is 3.21. The van der Waals surface area contributed by atoms with Gasteiger partial charge in [-0.3, -0.25) is 4.79 Å². The van der Waals surface area contributed by atoms with Gasteiger partial charge >= 0.3 is 5.97 Å². The van der Waals surface area contributed by atoms with Crippen molar-refractivity contribution in [1.82, 2.24) is 10.6 Å². The Morgan fingerprint density at radius 3 is 2.84 bits per heavy atom. The molecule has 19 heavy (non-hydrogen) atoms. The van der Waals surface area contributed by atoms with Gasteiger partial charge < -0.3 is 20.8 Å². The van der Waals surface area contributed by atoms with Gasteiger partial charge in [0.15, 0.2) is 0 Å². The average molecular weight is 264 g/mol. The lowest BCUT2D eigenvalue weighted by atomic mass is 9.90. The number of aliphatic hydroxyl groups is 1. The minimum absolute atomic E-state index is 0.388. The summed E-state index contributed by atoms with van der Waals surface area (Å²) in [5, 5.41) is 23.2. The Morgan fingerprint density at radius 2 is 2.16 bits per heavy atom. The Labute approximate surface area is 110 Å². The van der Waals surface area contributed by atoms with Gasteiger partial charge in [0, 0.05) is 13.1 Å². The van der Waals surface area contributed by atoms with E-state index in [4.69, 9.17) is 10.2 Å². The number of aliphatic carboxylic acids is 1. The summed E-state index contributed by atoms with van der Waals surface area (Å²) in [4.78, 5) is 22.9. The van der Waals surface area contributed by atoms with E-state index in [1.54, 1.807) is 0 Å². The molecule has 1 amide bonds.